The van der Waals surface area contributed by atoms with Crippen LogP contribution < -0.4 is 9.62 Å². The van der Waals surface area contributed by atoms with Crippen LogP contribution in [0.4, 0.5) is 5.69 Å². The molecule has 1 amide bonds. The van der Waals surface area contributed by atoms with Gasteiger partial charge in [-0.15, -0.1) is 11.3 Å². The van der Waals surface area contributed by atoms with Crippen LogP contribution in [0.1, 0.15) is 43.2 Å². The Morgan fingerprint density at radius 2 is 1.81 bits per heavy atom. The average Bonchev–Trinajstić information content (AvgIpc) is 3.14. The van der Waals surface area contributed by atoms with Crippen molar-refractivity contribution in [2.75, 3.05) is 17.1 Å². The summed E-state index contributed by atoms with van der Waals surface area (Å²) in [4.78, 5) is 13.9. The Hall–Kier alpha value is -1.86. The van der Waals surface area contributed by atoms with Gasteiger partial charge in [0, 0.05) is 4.88 Å². The fourth-order valence-corrected chi connectivity index (χ4v) is 5.01. The van der Waals surface area contributed by atoms with Crippen LogP contribution in [0.5, 0.6) is 0 Å². The number of aryl methyl sites for hydroxylation is 1. The van der Waals surface area contributed by atoms with Crippen LogP contribution in [0.3, 0.4) is 0 Å². The summed E-state index contributed by atoms with van der Waals surface area (Å²) in [6.45, 7) is 5.82. The Kier molecular flexibility index (Phi) is 7.44. The maximum atomic E-state index is 12.8. The molecule has 0 saturated carbocycles. The summed E-state index contributed by atoms with van der Waals surface area (Å²) in [5.74, 6) is 0.00623. The van der Waals surface area contributed by atoms with E-state index in [-0.39, 0.29) is 18.5 Å². The minimum atomic E-state index is -3.58. The number of benzene rings is 1. The average molecular weight is 409 g/mol. The highest BCUT2D eigenvalue weighted by molar-refractivity contribution is 7.92. The Bertz CT molecular complexity index is 844. The highest BCUT2D eigenvalue weighted by atomic mass is 32.2. The molecule has 148 valence electrons. The number of thiophene rings is 1. The van der Waals surface area contributed by atoms with E-state index in [4.69, 9.17) is 0 Å². The van der Waals surface area contributed by atoms with Crippen molar-refractivity contribution in [3.63, 3.8) is 0 Å². The minimum absolute atomic E-state index is 0.106. The third-order valence-corrected chi connectivity index (χ3v) is 6.84. The number of nitrogens with zero attached hydrogens (tertiary/aromatic N) is 1. The summed E-state index contributed by atoms with van der Waals surface area (Å²) in [6, 6.07) is 11.1. The van der Waals surface area contributed by atoms with E-state index in [0.717, 1.165) is 29.5 Å². The first-order valence-electron chi connectivity index (χ1n) is 9.14. The zero-order chi connectivity index (χ0) is 20.0. The van der Waals surface area contributed by atoms with Crippen molar-refractivity contribution in [3.05, 3.63) is 52.2 Å². The van der Waals surface area contributed by atoms with Gasteiger partial charge >= 0.3 is 0 Å². The van der Waals surface area contributed by atoms with Crippen molar-refractivity contribution in [1.82, 2.24) is 5.32 Å². The first-order valence-corrected chi connectivity index (χ1v) is 11.9. The fourth-order valence-electron chi connectivity index (χ4n) is 3.22. The number of carbonyl (C=O) groups is 1. The number of amides is 1. The van der Waals surface area contributed by atoms with Crippen LogP contribution in [0.2, 0.25) is 0 Å². The molecular formula is C20H28N2O3S2. The molecule has 2 aromatic rings. The molecule has 1 atom stereocenters. The van der Waals surface area contributed by atoms with Crippen LogP contribution in [-0.2, 0) is 14.8 Å². The fraction of sp³-hybridized carbons (Fsp3) is 0.450. The molecule has 0 aliphatic heterocycles. The molecule has 1 aromatic carbocycles. The Balaban J connectivity index is 2.25. The van der Waals surface area contributed by atoms with Gasteiger partial charge in [-0.2, -0.15) is 0 Å². The van der Waals surface area contributed by atoms with Gasteiger partial charge in [0.05, 0.1) is 18.0 Å². The molecule has 27 heavy (non-hydrogen) atoms. The van der Waals surface area contributed by atoms with E-state index in [0.29, 0.717) is 11.6 Å². The van der Waals surface area contributed by atoms with Crippen LogP contribution in [0.15, 0.2) is 41.8 Å². The van der Waals surface area contributed by atoms with E-state index in [1.54, 1.807) is 23.5 Å². The van der Waals surface area contributed by atoms with E-state index in [1.807, 2.05) is 36.6 Å². The van der Waals surface area contributed by atoms with Crippen molar-refractivity contribution in [1.29, 1.82) is 0 Å². The largest absolute Gasteiger partial charge is 0.347 e. The molecule has 0 aliphatic carbocycles. The van der Waals surface area contributed by atoms with Gasteiger partial charge in [0.2, 0.25) is 15.9 Å². The van der Waals surface area contributed by atoms with E-state index in [2.05, 4.69) is 19.2 Å². The normalized spacial score (nSPS) is 12.8. The first-order chi connectivity index (χ1) is 12.8. The molecule has 0 radical (unpaired) electrons. The maximum Gasteiger partial charge on any atom is 0.241 e. The van der Waals surface area contributed by atoms with Crippen LogP contribution >= 0.6 is 11.3 Å². The van der Waals surface area contributed by atoms with Crippen molar-refractivity contribution in [2.45, 2.75) is 39.7 Å². The molecule has 1 aromatic heterocycles. The number of hydrogen-bond acceptors (Lipinski definition) is 4. The van der Waals surface area contributed by atoms with Crippen molar-refractivity contribution >= 4 is 33.0 Å². The van der Waals surface area contributed by atoms with Gasteiger partial charge < -0.3 is 5.32 Å². The number of carbonyl (C=O) groups excluding carboxylic acids is 1. The Labute approximate surface area is 166 Å². The zero-order valence-electron chi connectivity index (χ0n) is 16.3. The molecule has 0 saturated heterocycles. The number of nitrogens with one attached hydrogen (secondary N) is 1. The quantitative estimate of drug-likeness (QED) is 0.679. The highest BCUT2D eigenvalue weighted by Gasteiger charge is 2.27. The van der Waals surface area contributed by atoms with Gasteiger partial charge in [-0.1, -0.05) is 51.0 Å². The van der Waals surface area contributed by atoms with Gasteiger partial charge in [0.1, 0.15) is 6.54 Å². The predicted molar refractivity (Wildman–Crippen MR) is 113 cm³/mol. The smallest absolute Gasteiger partial charge is 0.241 e. The van der Waals surface area contributed by atoms with Crippen molar-refractivity contribution < 1.29 is 13.2 Å². The summed E-state index contributed by atoms with van der Waals surface area (Å²) in [6.07, 6.45) is 3.00. The Morgan fingerprint density at radius 1 is 1.15 bits per heavy atom. The van der Waals surface area contributed by atoms with Crippen LogP contribution in [-0.4, -0.2) is 27.1 Å². The second-order valence-electron chi connectivity index (χ2n) is 6.69. The highest BCUT2D eigenvalue weighted by Crippen LogP contribution is 2.30. The zero-order valence-corrected chi connectivity index (χ0v) is 17.9. The minimum Gasteiger partial charge on any atom is -0.347 e. The number of para-hydroxylation sites is 1. The van der Waals surface area contributed by atoms with E-state index in [1.165, 1.54) is 4.31 Å². The lowest BCUT2D eigenvalue weighted by molar-refractivity contribution is -0.120. The lowest BCUT2D eigenvalue weighted by Crippen LogP contribution is -2.43. The Morgan fingerprint density at radius 3 is 2.33 bits per heavy atom. The van der Waals surface area contributed by atoms with Gasteiger partial charge in [-0.05, 0) is 35.9 Å². The lowest BCUT2D eigenvalue weighted by Gasteiger charge is -2.28. The number of anilines is 1. The summed E-state index contributed by atoms with van der Waals surface area (Å²) in [5.41, 5.74) is 1.34. The standard InChI is InChI=1S/C20H28N2O3S2/c1-5-16(6-2)20(18-12-9-13-26-18)21-19(23)14-22(27(4,24)25)17-11-8-7-10-15(17)3/h7-13,16,20H,5-6,14H2,1-4H3,(H,21,23). The summed E-state index contributed by atoms with van der Waals surface area (Å²) in [7, 11) is -3.58. The van der Waals surface area contributed by atoms with Crippen molar-refractivity contribution in [3.8, 4) is 0 Å². The molecular weight excluding hydrogens is 380 g/mol. The van der Waals surface area contributed by atoms with Gasteiger partial charge in [0.15, 0.2) is 0 Å². The van der Waals surface area contributed by atoms with Crippen LogP contribution in [0.25, 0.3) is 0 Å². The second kappa shape index (κ2) is 9.37. The summed E-state index contributed by atoms with van der Waals surface area (Å²) < 4.78 is 25.8. The molecule has 0 aliphatic rings. The van der Waals surface area contributed by atoms with Gasteiger partial charge in [-0.25, -0.2) is 8.42 Å². The maximum absolute atomic E-state index is 12.8. The molecule has 0 spiro atoms. The van der Waals surface area contributed by atoms with Crippen molar-refractivity contribution in [2.24, 2.45) is 5.92 Å². The monoisotopic (exact) mass is 408 g/mol. The summed E-state index contributed by atoms with van der Waals surface area (Å²) >= 11 is 1.61. The molecule has 1 unspecified atom stereocenters. The van der Waals surface area contributed by atoms with Gasteiger partial charge in [-0.3, -0.25) is 9.10 Å². The lowest BCUT2D eigenvalue weighted by atomic mass is 9.93. The van der Waals surface area contributed by atoms with E-state index in [9.17, 15) is 13.2 Å². The molecule has 5 nitrogen and oxygen atoms in total. The first kappa shape index (κ1) is 21.4. The molecule has 2 rings (SSSR count). The molecule has 7 heteroatoms. The molecule has 1 heterocycles. The van der Waals surface area contributed by atoms with E-state index < -0.39 is 10.0 Å². The number of hydrogen-bond donors (Lipinski definition) is 1. The SMILES string of the molecule is CCC(CC)C(NC(=O)CN(c1ccccc1C)S(C)(=O)=O)c1cccs1. The second-order valence-corrected chi connectivity index (χ2v) is 9.58. The topological polar surface area (TPSA) is 66.5 Å². The molecule has 1 N–H and O–H groups in total. The van der Waals surface area contributed by atoms with Gasteiger partial charge in [0.25, 0.3) is 0 Å². The number of sulfonamides is 1. The van der Waals surface area contributed by atoms with Crippen LogP contribution in [0, 0.1) is 12.8 Å². The predicted octanol–water partition coefficient (Wildman–Crippen LogP) is 4.12. The third kappa shape index (κ3) is 5.56. The number of rotatable bonds is 9. The molecule has 0 bridgehead atoms. The third-order valence-electron chi connectivity index (χ3n) is 4.76. The van der Waals surface area contributed by atoms with E-state index >= 15 is 0 Å². The summed E-state index contributed by atoms with van der Waals surface area (Å²) in [5, 5.41) is 5.07. The molecule has 0 fully saturated rings.